The molecule has 3 heterocycles. The van der Waals surface area contributed by atoms with Gasteiger partial charge in [0, 0.05) is 67.5 Å². The molecule has 0 N–H and O–H groups in total. The molecule has 2 aliphatic rings. The molecule has 53 heavy (non-hydrogen) atoms. The van der Waals surface area contributed by atoms with Gasteiger partial charge in [-0.1, -0.05) is 121 Å². The molecule has 0 radical (unpaired) electrons. The van der Waals surface area contributed by atoms with Gasteiger partial charge in [0.05, 0.1) is 17.1 Å². The largest absolute Gasteiger partial charge is 0.338 e. The Balaban J connectivity index is 1.25. The maximum Gasteiger partial charge on any atom is 0.0787 e. The summed E-state index contributed by atoms with van der Waals surface area (Å²) in [5.41, 5.74) is 16.6. The third-order valence-electron chi connectivity index (χ3n) is 11.0. The lowest BCUT2D eigenvalue weighted by atomic mass is 9.79. The van der Waals surface area contributed by atoms with Gasteiger partial charge >= 0.3 is 0 Å². The van der Waals surface area contributed by atoms with Gasteiger partial charge in [-0.3, -0.25) is 4.98 Å². The first-order valence-corrected chi connectivity index (χ1v) is 19.1. The fourth-order valence-electron chi connectivity index (χ4n) is 8.65. The van der Waals surface area contributed by atoms with E-state index in [-0.39, 0.29) is 0 Å². The summed E-state index contributed by atoms with van der Waals surface area (Å²) in [5.74, 6) is 0. The molecule has 2 aromatic heterocycles. The van der Waals surface area contributed by atoms with Crippen LogP contribution in [0.1, 0.15) is 0 Å². The van der Waals surface area contributed by atoms with Gasteiger partial charge in [0.1, 0.15) is 0 Å². The molecule has 0 bridgehead atoms. The SMILES string of the molecule is c1ccc(N2CCN(c3ccccc3)c3cc4c(cc32)-c2cccc(-c3cccc5c3sc3ccccc35)c2-c2ccccc2-c2cccnc2-4)cc1. The Morgan fingerprint density at radius 3 is 1.72 bits per heavy atom. The monoisotopic (exact) mass is 695 g/mol. The number of hydrogen-bond acceptors (Lipinski definition) is 4. The van der Waals surface area contributed by atoms with Crippen LogP contribution < -0.4 is 9.80 Å². The predicted molar refractivity (Wildman–Crippen MR) is 225 cm³/mol. The third-order valence-corrected chi connectivity index (χ3v) is 12.2. The highest BCUT2D eigenvalue weighted by molar-refractivity contribution is 7.26. The number of pyridine rings is 1. The minimum atomic E-state index is 0.864. The van der Waals surface area contributed by atoms with Crippen LogP contribution in [0, 0.1) is 0 Å². The van der Waals surface area contributed by atoms with Crippen molar-refractivity contribution >= 4 is 54.3 Å². The number of rotatable bonds is 3. The third kappa shape index (κ3) is 4.69. The van der Waals surface area contributed by atoms with Gasteiger partial charge in [0.25, 0.3) is 0 Å². The number of thiophene rings is 1. The molecule has 11 rings (SSSR count). The lowest BCUT2D eigenvalue weighted by Gasteiger charge is -2.40. The zero-order valence-electron chi connectivity index (χ0n) is 28.9. The summed E-state index contributed by atoms with van der Waals surface area (Å²) in [6.07, 6.45) is 1.94. The molecule has 4 heteroatoms. The average molecular weight is 696 g/mol. The summed E-state index contributed by atoms with van der Waals surface area (Å²) in [6.45, 7) is 1.73. The first-order chi connectivity index (χ1) is 26.3. The van der Waals surface area contributed by atoms with E-state index in [1.807, 2.05) is 17.5 Å². The van der Waals surface area contributed by atoms with Gasteiger partial charge in [0.2, 0.25) is 0 Å². The van der Waals surface area contributed by atoms with Crippen molar-refractivity contribution in [3.8, 4) is 55.8 Å². The van der Waals surface area contributed by atoms with Gasteiger partial charge < -0.3 is 9.80 Å². The number of benzene rings is 7. The standard InChI is InChI=1S/C49H33N3S/c1-3-14-32(15-4-1)51-28-29-52(33-16-5-2-6-17-33)45-31-43-42(30-44(45)51)38-22-11-21-37(41-24-12-23-40-35-19-9-10-26-46(35)53-49(40)41)47(38)36-20-8-7-18-34(36)39-25-13-27-50-48(39)43/h1-27,30-31H,28-29H2. The second-order valence-electron chi connectivity index (χ2n) is 13.8. The molecule has 0 amide bonds. The topological polar surface area (TPSA) is 19.4 Å². The van der Waals surface area contributed by atoms with Gasteiger partial charge in [0.15, 0.2) is 0 Å². The molecule has 7 aromatic carbocycles. The molecule has 0 atom stereocenters. The maximum absolute atomic E-state index is 5.17. The Hall–Kier alpha value is -6.49. The highest BCUT2D eigenvalue weighted by atomic mass is 32.1. The molecule has 3 nitrogen and oxygen atoms in total. The van der Waals surface area contributed by atoms with Crippen molar-refractivity contribution in [2.24, 2.45) is 0 Å². The maximum atomic E-state index is 5.17. The molecular weight excluding hydrogens is 663 g/mol. The number of hydrogen-bond donors (Lipinski definition) is 0. The predicted octanol–water partition coefficient (Wildman–Crippen LogP) is 13.4. The average Bonchev–Trinajstić information content (AvgIpc) is 3.62. The van der Waals surface area contributed by atoms with E-state index in [2.05, 4.69) is 180 Å². The van der Waals surface area contributed by atoms with E-state index < -0.39 is 0 Å². The molecule has 0 fully saturated rings. The normalized spacial score (nSPS) is 13.1. The minimum absolute atomic E-state index is 0.864. The van der Waals surface area contributed by atoms with Crippen LogP contribution in [-0.4, -0.2) is 18.1 Å². The van der Waals surface area contributed by atoms with Gasteiger partial charge in [-0.05, 0) is 81.9 Å². The quantitative estimate of drug-likeness (QED) is 0.183. The number of nitrogens with zero attached hydrogens (tertiary/aromatic N) is 3. The van der Waals surface area contributed by atoms with E-state index >= 15 is 0 Å². The molecule has 1 aliphatic carbocycles. The van der Waals surface area contributed by atoms with Crippen molar-refractivity contribution in [3.05, 3.63) is 176 Å². The lowest BCUT2D eigenvalue weighted by molar-refractivity contribution is 0.850. The molecule has 0 unspecified atom stereocenters. The number of anilines is 4. The first-order valence-electron chi connectivity index (χ1n) is 18.2. The number of para-hydroxylation sites is 2. The van der Waals surface area contributed by atoms with Gasteiger partial charge in [-0.25, -0.2) is 0 Å². The van der Waals surface area contributed by atoms with Gasteiger partial charge in [-0.2, -0.15) is 0 Å². The van der Waals surface area contributed by atoms with Crippen molar-refractivity contribution in [1.82, 2.24) is 4.98 Å². The van der Waals surface area contributed by atoms with Crippen LogP contribution in [0.2, 0.25) is 0 Å². The van der Waals surface area contributed by atoms with Crippen LogP contribution in [-0.2, 0) is 0 Å². The van der Waals surface area contributed by atoms with E-state index in [1.54, 1.807) is 0 Å². The summed E-state index contributed by atoms with van der Waals surface area (Å²) in [6, 6.07) is 62.2. The summed E-state index contributed by atoms with van der Waals surface area (Å²) in [7, 11) is 0. The van der Waals surface area contributed by atoms with Crippen molar-refractivity contribution in [2.45, 2.75) is 0 Å². The van der Waals surface area contributed by atoms with E-state index in [9.17, 15) is 0 Å². The molecule has 0 saturated heterocycles. The summed E-state index contributed by atoms with van der Waals surface area (Å²) >= 11 is 1.89. The molecule has 0 spiro atoms. The summed E-state index contributed by atoms with van der Waals surface area (Å²) in [5, 5.41) is 2.62. The fourth-order valence-corrected chi connectivity index (χ4v) is 9.88. The summed E-state index contributed by atoms with van der Waals surface area (Å²) < 4.78 is 2.64. The van der Waals surface area contributed by atoms with Crippen molar-refractivity contribution in [2.75, 3.05) is 22.9 Å². The Morgan fingerprint density at radius 1 is 0.415 bits per heavy atom. The first kappa shape index (κ1) is 30.2. The second kappa shape index (κ2) is 12.0. The fraction of sp³-hybridized carbons (Fsp3) is 0.0408. The van der Waals surface area contributed by atoms with Crippen molar-refractivity contribution < 1.29 is 0 Å². The minimum Gasteiger partial charge on any atom is -0.338 e. The number of aromatic nitrogens is 1. The van der Waals surface area contributed by atoms with Crippen LogP contribution in [0.4, 0.5) is 22.7 Å². The molecule has 250 valence electrons. The van der Waals surface area contributed by atoms with Gasteiger partial charge in [-0.15, -0.1) is 11.3 Å². The Kier molecular flexibility index (Phi) is 6.86. The van der Waals surface area contributed by atoms with Crippen molar-refractivity contribution in [3.63, 3.8) is 0 Å². The Morgan fingerprint density at radius 2 is 0.962 bits per heavy atom. The Bertz CT molecular complexity index is 2860. The van der Waals surface area contributed by atoms with Crippen LogP contribution in [0.15, 0.2) is 176 Å². The Labute approximate surface area is 312 Å². The zero-order chi connectivity index (χ0) is 34.9. The zero-order valence-corrected chi connectivity index (χ0v) is 29.7. The highest BCUT2D eigenvalue weighted by Crippen LogP contribution is 2.54. The van der Waals surface area contributed by atoms with E-state index in [0.29, 0.717) is 0 Å². The summed E-state index contributed by atoms with van der Waals surface area (Å²) in [4.78, 5) is 10.1. The van der Waals surface area contributed by atoms with Crippen LogP contribution >= 0.6 is 11.3 Å². The molecule has 0 saturated carbocycles. The van der Waals surface area contributed by atoms with Crippen LogP contribution in [0.5, 0.6) is 0 Å². The highest BCUT2D eigenvalue weighted by Gasteiger charge is 2.31. The van der Waals surface area contributed by atoms with E-state index in [0.717, 1.165) is 29.9 Å². The van der Waals surface area contributed by atoms with Crippen LogP contribution in [0.25, 0.3) is 75.9 Å². The molecule has 9 aromatic rings. The molecule has 1 aliphatic heterocycles. The lowest BCUT2D eigenvalue weighted by Crippen LogP contribution is -2.36. The second-order valence-corrected chi connectivity index (χ2v) is 14.9. The van der Waals surface area contributed by atoms with E-state index in [4.69, 9.17) is 4.98 Å². The van der Waals surface area contributed by atoms with Crippen LogP contribution in [0.3, 0.4) is 0 Å². The number of fused-ring (bicyclic) bond motifs is 12. The smallest absolute Gasteiger partial charge is 0.0787 e. The van der Waals surface area contributed by atoms with Crippen molar-refractivity contribution in [1.29, 1.82) is 0 Å². The molecular formula is C49H33N3S. The van der Waals surface area contributed by atoms with E-state index in [1.165, 1.54) is 81.9 Å².